The Morgan fingerprint density at radius 2 is 1.78 bits per heavy atom. The van der Waals surface area contributed by atoms with E-state index in [4.69, 9.17) is 5.73 Å². The number of likely N-dealkylation sites (tertiary alicyclic amines) is 1. The summed E-state index contributed by atoms with van der Waals surface area (Å²) >= 11 is 0. The van der Waals surface area contributed by atoms with E-state index in [0.717, 1.165) is 62.1 Å². The van der Waals surface area contributed by atoms with Crippen molar-refractivity contribution in [3.05, 3.63) is 76.8 Å². The van der Waals surface area contributed by atoms with Gasteiger partial charge in [0.05, 0.1) is 10.6 Å². The van der Waals surface area contributed by atoms with E-state index in [-0.39, 0.29) is 10.9 Å². The number of fused-ring (bicyclic) bond motifs is 1. The normalized spacial score (nSPS) is 17.1. The highest BCUT2D eigenvalue weighted by Crippen LogP contribution is 2.28. The largest absolute Gasteiger partial charge is 0.354 e. The highest BCUT2D eigenvalue weighted by molar-refractivity contribution is 7.89. The van der Waals surface area contributed by atoms with E-state index in [1.807, 2.05) is 36.4 Å². The third-order valence-electron chi connectivity index (χ3n) is 8.26. The Kier molecular flexibility index (Phi) is 8.05. The van der Waals surface area contributed by atoms with Crippen LogP contribution in [0, 0.1) is 0 Å². The molecule has 2 aliphatic rings. The molecule has 0 saturated carbocycles. The van der Waals surface area contributed by atoms with Crippen LogP contribution in [-0.4, -0.2) is 77.5 Å². The molecule has 2 fully saturated rings. The first-order valence-corrected chi connectivity index (χ1v) is 15.8. The summed E-state index contributed by atoms with van der Waals surface area (Å²) in [5, 5.41) is 4.10. The van der Waals surface area contributed by atoms with Crippen LogP contribution in [0.15, 0.2) is 70.5 Å². The van der Waals surface area contributed by atoms with E-state index in [1.165, 1.54) is 17.4 Å². The van der Waals surface area contributed by atoms with Gasteiger partial charge in [-0.1, -0.05) is 24.3 Å². The van der Waals surface area contributed by atoms with Gasteiger partial charge in [-0.3, -0.25) is 4.57 Å². The Bertz CT molecular complexity index is 1670. The van der Waals surface area contributed by atoms with Crippen LogP contribution in [-0.2, 0) is 16.6 Å². The van der Waals surface area contributed by atoms with Crippen molar-refractivity contribution in [2.75, 3.05) is 39.3 Å². The van der Waals surface area contributed by atoms with E-state index in [0.29, 0.717) is 30.1 Å². The Morgan fingerprint density at radius 3 is 2.51 bits per heavy atom. The van der Waals surface area contributed by atoms with Crippen LogP contribution in [0.3, 0.4) is 0 Å². The predicted octanol–water partition coefficient (Wildman–Crippen LogP) is 2.68. The first kappa shape index (κ1) is 27.8. The maximum absolute atomic E-state index is 14.1. The van der Waals surface area contributed by atoms with Crippen molar-refractivity contribution in [1.82, 2.24) is 29.1 Å². The average Bonchev–Trinajstić information content (AvgIpc) is 3.67. The second-order valence-electron chi connectivity index (χ2n) is 10.9. The van der Waals surface area contributed by atoms with Gasteiger partial charge in [0.1, 0.15) is 5.65 Å². The Morgan fingerprint density at radius 1 is 1.02 bits per heavy atom. The van der Waals surface area contributed by atoms with E-state index < -0.39 is 15.7 Å². The van der Waals surface area contributed by atoms with Gasteiger partial charge in [0.25, 0.3) is 0 Å². The van der Waals surface area contributed by atoms with E-state index in [9.17, 15) is 13.2 Å². The lowest BCUT2D eigenvalue weighted by molar-refractivity contribution is 0.228. The zero-order valence-electron chi connectivity index (χ0n) is 23.1. The van der Waals surface area contributed by atoms with Gasteiger partial charge in [0.2, 0.25) is 10.0 Å². The minimum atomic E-state index is -3.72. The van der Waals surface area contributed by atoms with Crippen molar-refractivity contribution in [2.45, 2.75) is 43.2 Å². The van der Waals surface area contributed by atoms with Crippen molar-refractivity contribution in [3.8, 4) is 16.9 Å². The molecule has 4 aromatic rings. The lowest BCUT2D eigenvalue weighted by Gasteiger charge is -2.34. The number of H-pyrrole nitrogens is 1. The molecular formula is C30H37N7O3S. The van der Waals surface area contributed by atoms with Crippen LogP contribution in [0.1, 0.15) is 31.2 Å². The first-order chi connectivity index (χ1) is 19.9. The van der Waals surface area contributed by atoms with Gasteiger partial charge in [-0.2, -0.15) is 9.29 Å². The van der Waals surface area contributed by atoms with Crippen LogP contribution >= 0.6 is 0 Å². The molecule has 4 N–H and O–H groups in total. The highest BCUT2D eigenvalue weighted by Gasteiger charge is 2.33. The van der Waals surface area contributed by atoms with Gasteiger partial charge in [-0.05, 0) is 93.3 Å². The number of benzene rings is 2. The zero-order valence-corrected chi connectivity index (χ0v) is 23.9. The molecule has 4 heterocycles. The molecule has 0 aliphatic carbocycles. The fraction of sp³-hybridized carbons (Fsp3) is 0.400. The summed E-state index contributed by atoms with van der Waals surface area (Å²) in [5.41, 5.74) is 8.85. The zero-order chi connectivity index (χ0) is 28.4. The number of nitrogens with one attached hydrogen (secondary N) is 2. The summed E-state index contributed by atoms with van der Waals surface area (Å²) in [5.74, 6) is 0. The number of aromatic nitrogens is 3. The van der Waals surface area contributed by atoms with Crippen molar-refractivity contribution in [2.24, 2.45) is 5.73 Å². The summed E-state index contributed by atoms with van der Waals surface area (Å²) in [6, 6.07) is 16.4. The third-order valence-corrected chi connectivity index (χ3v) is 10.2. The molecule has 11 heteroatoms. The van der Waals surface area contributed by atoms with Crippen LogP contribution in [0.2, 0.25) is 0 Å². The number of aromatic amines is 1. The maximum atomic E-state index is 14.1. The van der Waals surface area contributed by atoms with Crippen LogP contribution in [0.5, 0.6) is 0 Å². The molecule has 2 saturated heterocycles. The monoisotopic (exact) mass is 575 g/mol. The Balaban J connectivity index is 1.31. The number of hydrogen-bond donors (Lipinski definition) is 3. The summed E-state index contributed by atoms with van der Waals surface area (Å²) in [6.45, 7) is 5.39. The molecule has 0 radical (unpaired) electrons. The number of sulfonamides is 1. The highest BCUT2D eigenvalue weighted by atomic mass is 32.2. The topological polar surface area (TPSA) is 129 Å². The van der Waals surface area contributed by atoms with E-state index in [2.05, 4.69) is 20.2 Å². The Labute approximate surface area is 240 Å². The smallest absolute Gasteiger partial charge is 0.339 e. The second-order valence-corrected chi connectivity index (χ2v) is 12.8. The molecule has 0 unspecified atom stereocenters. The first-order valence-electron chi connectivity index (χ1n) is 14.4. The molecule has 10 nitrogen and oxygen atoms in total. The quantitative estimate of drug-likeness (QED) is 0.280. The molecule has 2 aromatic heterocycles. The molecule has 216 valence electrons. The number of piperidine rings is 1. The number of nitrogens with two attached hydrogens (primary N) is 1. The van der Waals surface area contributed by atoms with Gasteiger partial charge in [-0.15, -0.1) is 0 Å². The van der Waals surface area contributed by atoms with Gasteiger partial charge >= 0.3 is 5.69 Å². The summed E-state index contributed by atoms with van der Waals surface area (Å²) in [6.07, 6.45) is 5.71. The molecule has 2 aromatic carbocycles. The lowest BCUT2D eigenvalue weighted by atomic mass is 10.1. The van der Waals surface area contributed by atoms with Crippen LogP contribution < -0.4 is 16.7 Å². The lowest BCUT2D eigenvalue weighted by Crippen LogP contribution is -2.48. The third kappa shape index (κ3) is 5.86. The van der Waals surface area contributed by atoms with Gasteiger partial charge in [0.15, 0.2) is 0 Å². The standard InChI is InChI=1S/C30H37N7O3S/c31-20-22-6-8-25(9-7-22)36-21-24-19-28(33-29(24)34-30(36)38)23-4-3-5-27(18-23)41(39,40)37(26-10-12-32-13-11-26)17-16-35-14-1-2-15-35/h3-9,18-19,21,26,32H,1-2,10-17,20,31H2,(H,33,34,38). The fourth-order valence-corrected chi connectivity index (χ4v) is 7.65. The molecule has 2 aliphatic heterocycles. The summed E-state index contributed by atoms with van der Waals surface area (Å²) < 4.78 is 31.4. The molecule has 0 bridgehead atoms. The predicted molar refractivity (Wildman–Crippen MR) is 160 cm³/mol. The van der Waals surface area contributed by atoms with Crippen LogP contribution in [0.25, 0.3) is 28.0 Å². The molecule has 0 amide bonds. The maximum Gasteiger partial charge on any atom is 0.354 e. The van der Waals surface area contributed by atoms with Crippen molar-refractivity contribution in [3.63, 3.8) is 0 Å². The van der Waals surface area contributed by atoms with Gasteiger partial charge in [0, 0.05) is 43.0 Å². The number of hydrogen-bond acceptors (Lipinski definition) is 7. The molecule has 41 heavy (non-hydrogen) atoms. The molecular weight excluding hydrogens is 538 g/mol. The molecule has 0 spiro atoms. The summed E-state index contributed by atoms with van der Waals surface area (Å²) in [7, 11) is -3.72. The molecule has 6 rings (SSSR count). The summed E-state index contributed by atoms with van der Waals surface area (Å²) in [4.78, 5) is 22.9. The fourth-order valence-electron chi connectivity index (χ4n) is 5.93. The minimum absolute atomic E-state index is 0.0189. The van der Waals surface area contributed by atoms with Crippen LogP contribution in [0.4, 0.5) is 0 Å². The van der Waals surface area contributed by atoms with Crippen molar-refractivity contribution < 1.29 is 8.42 Å². The minimum Gasteiger partial charge on any atom is -0.339 e. The van der Waals surface area contributed by atoms with E-state index in [1.54, 1.807) is 28.7 Å². The van der Waals surface area contributed by atoms with E-state index >= 15 is 0 Å². The number of rotatable bonds is 9. The second kappa shape index (κ2) is 11.9. The number of nitrogens with zero attached hydrogens (tertiary/aromatic N) is 4. The van der Waals surface area contributed by atoms with Crippen molar-refractivity contribution >= 4 is 21.1 Å². The van der Waals surface area contributed by atoms with Crippen molar-refractivity contribution in [1.29, 1.82) is 0 Å². The van der Waals surface area contributed by atoms with Gasteiger partial charge < -0.3 is 20.9 Å². The SMILES string of the molecule is NCc1ccc(-n2cc3cc(-c4cccc(S(=O)(=O)N(CCN5CCCC5)C5CCNCC5)c4)[nH]c3nc2=O)cc1. The average molecular weight is 576 g/mol. The van der Waals surface area contributed by atoms with Gasteiger partial charge in [-0.25, -0.2) is 13.2 Å². The Hall–Kier alpha value is -3.35. The molecule has 0 atom stereocenters.